The van der Waals surface area contributed by atoms with E-state index in [1.54, 1.807) is 0 Å². The number of hydrogen-bond acceptors (Lipinski definition) is 2. The molecule has 0 radical (unpaired) electrons. The lowest BCUT2D eigenvalue weighted by Gasteiger charge is -2.47. The fourth-order valence-corrected chi connectivity index (χ4v) is 16.3. The quantitative estimate of drug-likeness (QED) is 0.182. The van der Waals surface area contributed by atoms with Crippen molar-refractivity contribution in [2.75, 3.05) is 13.2 Å². The first-order valence-electron chi connectivity index (χ1n) is 15.6. The van der Waals surface area contributed by atoms with Gasteiger partial charge >= 0.3 is 0 Å². The van der Waals surface area contributed by atoms with E-state index in [1.165, 1.54) is 33.6 Å². The van der Waals surface area contributed by atoms with E-state index in [0.717, 1.165) is 13.2 Å². The van der Waals surface area contributed by atoms with Crippen LogP contribution >= 0.6 is 0 Å². The average molecular weight is 593 g/mol. The molecule has 0 amide bonds. The third-order valence-corrected chi connectivity index (χ3v) is 19.4. The summed E-state index contributed by atoms with van der Waals surface area (Å²) in [5, 5.41) is 5.37. The van der Waals surface area contributed by atoms with Gasteiger partial charge in [-0.2, -0.15) is 0 Å². The number of benzene rings is 4. The van der Waals surface area contributed by atoms with Crippen LogP contribution in [0, 0.1) is 11.8 Å². The zero-order valence-electron chi connectivity index (χ0n) is 26.3. The molecule has 0 heterocycles. The van der Waals surface area contributed by atoms with E-state index >= 15 is 0 Å². The van der Waals surface area contributed by atoms with Crippen LogP contribution < -0.4 is 20.7 Å². The Bertz CT molecular complexity index is 1200. The Balaban J connectivity index is 1.42. The first kappa shape index (κ1) is 30.7. The van der Waals surface area contributed by atoms with E-state index in [-0.39, 0.29) is 10.1 Å². The summed E-state index contributed by atoms with van der Waals surface area (Å²) in [6, 6.07) is 44.1. The maximum Gasteiger partial charge on any atom is 0.261 e. The third kappa shape index (κ3) is 5.75. The van der Waals surface area contributed by atoms with Gasteiger partial charge in [-0.1, -0.05) is 163 Å². The Labute approximate surface area is 256 Å². The molecule has 0 aliphatic heterocycles. The molecule has 2 atom stereocenters. The van der Waals surface area contributed by atoms with Crippen LogP contribution in [0.4, 0.5) is 0 Å². The van der Waals surface area contributed by atoms with Crippen LogP contribution in [0.2, 0.25) is 10.1 Å². The van der Waals surface area contributed by atoms with Gasteiger partial charge in [0.1, 0.15) is 0 Å². The molecule has 1 fully saturated rings. The largest absolute Gasteiger partial charge is 0.407 e. The topological polar surface area (TPSA) is 18.5 Å². The van der Waals surface area contributed by atoms with Gasteiger partial charge in [0.25, 0.3) is 16.6 Å². The van der Waals surface area contributed by atoms with Gasteiger partial charge in [-0.25, -0.2) is 0 Å². The van der Waals surface area contributed by atoms with Crippen molar-refractivity contribution >= 4 is 37.4 Å². The summed E-state index contributed by atoms with van der Waals surface area (Å²) < 4.78 is 14.7. The molecule has 2 unspecified atom stereocenters. The lowest BCUT2D eigenvalue weighted by molar-refractivity contribution is 0.0561. The van der Waals surface area contributed by atoms with Crippen molar-refractivity contribution in [1.82, 2.24) is 0 Å². The van der Waals surface area contributed by atoms with E-state index in [1.807, 2.05) is 0 Å². The highest BCUT2D eigenvalue weighted by atomic mass is 28.4. The molecule has 220 valence electrons. The maximum absolute atomic E-state index is 7.36. The van der Waals surface area contributed by atoms with Crippen molar-refractivity contribution in [2.45, 2.75) is 64.5 Å². The molecule has 4 heteroatoms. The van der Waals surface area contributed by atoms with Crippen LogP contribution in [0.1, 0.15) is 54.4 Å². The molecule has 4 aromatic rings. The first-order valence-corrected chi connectivity index (χ1v) is 19.4. The van der Waals surface area contributed by atoms with Gasteiger partial charge in [0.15, 0.2) is 0 Å². The second-order valence-corrected chi connectivity index (χ2v) is 22.7. The molecule has 0 N–H and O–H groups in total. The highest BCUT2D eigenvalue weighted by Crippen LogP contribution is 2.42. The van der Waals surface area contributed by atoms with Crippen molar-refractivity contribution in [3.05, 3.63) is 121 Å². The zero-order chi connectivity index (χ0) is 29.8. The Morgan fingerprint density at radius 2 is 0.690 bits per heavy atom. The minimum atomic E-state index is -2.55. The monoisotopic (exact) mass is 592 g/mol. The van der Waals surface area contributed by atoms with Gasteiger partial charge in [-0.3, -0.25) is 0 Å². The lowest BCUT2D eigenvalue weighted by atomic mass is 9.75. The van der Waals surface area contributed by atoms with Crippen LogP contribution in [0.3, 0.4) is 0 Å². The Hall–Kier alpha value is -2.77. The molecule has 0 saturated heterocycles. The van der Waals surface area contributed by atoms with Crippen molar-refractivity contribution in [3.8, 4) is 0 Å². The van der Waals surface area contributed by atoms with Gasteiger partial charge < -0.3 is 8.85 Å². The fraction of sp³-hybridized carbons (Fsp3) is 0.368. The molecule has 1 aliphatic carbocycles. The maximum atomic E-state index is 7.36. The van der Waals surface area contributed by atoms with Crippen molar-refractivity contribution in [2.24, 2.45) is 11.8 Å². The van der Waals surface area contributed by atoms with Gasteiger partial charge in [0.05, 0.1) is 0 Å². The summed E-state index contributed by atoms with van der Waals surface area (Å²) in [4.78, 5) is 0. The number of hydrogen-bond donors (Lipinski definition) is 0. The second kappa shape index (κ2) is 12.5. The Kier molecular flexibility index (Phi) is 9.10. The molecule has 1 saturated carbocycles. The summed E-state index contributed by atoms with van der Waals surface area (Å²) in [5.74, 6) is 1.01. The highest BCUT2D eigenvalue weighted by Gasteiger charge is 2.53. The van der Waals surface area contributed by atoms with Gasteiger partial charge in [-0.05, 0) is 55.5 Å². The smallest absolute Gasteiger partial charge is 0.261 e. The molecule has 0 spiro atoms. The van der Waals surface area contributed by atoms with Crippen LogP contribution in [-0.2, 0) is 8.85 Å². The molecular weight excluding hydrogens is 545 g/mol. The van der Waals surface area contributed by atoms with E-state index in [4.69, 9.17) is 8.85 Å². The summed E-state index contributed by atoms with van der Waals surface area (Å²) in [6.45, 7) is 15.7. The standard InChI is InChI=1S/C38H48O2Si2/c1-37(2,3)41(33-19-11-7-12-20-33,34-21-13-8-14-22-34)39-29-31-27-28-32(31)30-40-42(38(4,5)6,35-23-15-9-16-24-35)36-25-17-10-18-26-36/h7-26,31-32H,27-30H2,1-6H3. The minimum Gasteiger partial charge on any atom is -0.407 e. The van der Waals surface area contributed by atoms with E-state index in [2.05, 4.69) is 163 Å². The van der Waals surface area contributed by atoms with Crippen molar-refractivity contribution in [1.29, 1.82) is 0 Å². The van der Waals surface area contributed by atoms with Crippen molar-refractivity contribution < 1.29 is 8.85 Å². The van der Waals surface area contributed by atoms with Crippen LogP contribution in [-0.4, -0.2) is 29.8 Å². The SMILES string of the molecule is CC(C)(C)[Si](OCC1CCC1CO[Si](c1ccccc1)(c1ccccc1)C(C)(C)C)(c1ccccc1)c1ccccc1. The van der Waals surface area contributed by atoms with Gasteiger partial charge in [0.2, 0.25) is 0 Å². The summed E-state index contributed by atoms with van der Waals surface area (Å²) >= 11 is 0. The van der Waals surface area contributed by atoms with E-state index in [9.17, 15) is 0 Å². The summed E-state index contributed by atoms with van der Waals surface area (Å²) in [7, 11) is -5.10. The molecule has 2 nitrogen and oxygen atoms in total. The molecular formula is C38H48O2Si2. The normalized spacial score (nSPS) is 18.0. The lowest BCUT2D eigenvalue weighted by Crippen LogP contribution is -2.67. The predicted octanol–water partition coefficient (Wildman–Crippen LogP) is 7.17. The van der Waals surface area contributed by atoms with Gasteiger partial charge in [-0.15, -0.1) is 0 Å². The van der Waals surface area contributed by atoms with Gasteiger partial charge in [0, 0.05) is 13.2 Å². The predicted molar refractivity (Wildman–Crippen MR) is 183 cm³/mol. The summed E-state index contributed by atoms with van der Waals surface area (Å²) in [5.41, 5.74) is 0. The fourth-order valence-electron chi connectivity index (χ4n) is 7.06. The third-order valence-electron chi connectivity index (χ3n) is 9.44. The molecule has 4 aromatic carbocycles. The van der Waals surface area contributed by atoms with Crippen LogP contribution in [0.25, 0.3) is 0 Å². The molecule has 0 aromatic heterocycles. The summed E-state index contributed by atoms with van der Waals surface area (Å²) in [6.07, 6.45) is 2.40. The van der Waals surface area contributed by atoms with Crippen LogP contribution in [0.5, 0.6) is 0 Å². The molecule has 0 bridgehead atoms. The Morgan fingerprint density at radius 3 is 0.881 bits per heavy atom. The molecule has 42 heavy (non-hydrogen) atoms. The molecule has 1 aliphatic rings. The van der Waals surface area contributed by atoms with Crippen molar-refractivity contribution in [3.63, 3.8) is 0 Å². The van der Waals surface area contributed by atoms with E-state index in [0.29, 0.717) is 11.8 Å². The average Bonchev–Trinajstić information content (AvgIpc) is 2.97. The second-order valence-electron chi connectivity index (χ2n) is 14.0. The number of rotatable bonds is 10. The zero-order valence-corrected chi connectivity index (χ0v) is 28.3. The van der Waals surface area contributed by atoms with E-state index < -0.39 is 16.6 Å². The Morgan fingerprint density at radius 1 is 0.452 bits per heavy atom. The minimum absolute atomic E-state index is 0.0135. The van der Waals surface area contributed by atoms with Crippen LogP contribution in [0.15, 0.2) is 121 Å². The highest BCUT2D eigenvalue weighted by molar-refractivity contribution is 7.00. The molecule has 5 rings (SSSR count). The first-order chi connectivity index (χ1) is 20.1.